The first-order valence-electron chi connectivity index (χ1n) is 7.85. The second-order valence-corrected chi connectivity index (χ2v) is 6.43. The summed E-state index contributed by atoms with van der Waals surface area (Å²) in [5.74, 6) is 0.797. The first kappa shape index (κ1) is 16.6. The third kappa shape index (κ3) is 6.05. The molecule has 0 saturated heterocycles. The smallest absolute Gasteiger partial charge is 0.0943 e. The number of thiazole rings is 1. The van der Waals surface area contributed by atoms with Crippen LogP contribution in [0.25, 0.3) is 0 Å². The standard InChI is InChI=1S/C16H30N2S/c1-5-8-14(9-6-2)15(17-10-7-3)11-16-18-13(4)12-19-16/h12,14-15,17H,5-11H2,1-4H3. The van der Waals surface area contributed by atoms with Crippen molar-refractivity contribution in [3.8, 4) is 0 Å². The third-order valence-corrected chi connectivity index (χ3v) is 4.59. The maximum Gasteiger partial charge on any atom is 0.0943 e. The molecule has 110 valence electrons. The van der Waals surface area contributed by atoms with Gasteiger partial charge in [-0.1, -0.05) is 33.6 Å². The van der Waals surface area contributed by atoms with Gasteiger partial charge in [-0.3, -0.25) is 0 Å². The van der Waals surface area contributed by atoms with E-state index < -0.39 is 0 Å². The van der Waals surface area contributed by atoms with Gasteiger partial charge in [0.05, 0.1) is 5.01 Å². The molecule has 0 saturated carbocycles. The van der Waals surface area contributed by atoms with Gasteiger partial charge in [0.2, 0.25) is 0 Å². The van der Waals surface area contributed by atoms with Crippen molar-refractivity contribution in [2.24, 2.45) is 5.92 Å². The van der Waals surface area contributed by atoms with Crippen molar-refractivity contribution >= 4 is 11.3 Å². The summed E-state index contributed by atoms with van der Waals surface area (Å²) in [4.78, 5) is 4.64. The number of rotatable bonds is 10. The van der Waals surface area contributed by atoms with Crippen LogP contribution in [0.3, 0.4) is 0 Å². The quantitative estimate of drug-likeness (QED) is 0.679. The molecule has 0 radical (unpaired) electrons. The van der Waals surface area contributed by atoms with Gasteiger partial charge >= 0.3 is 0 Å². The zero-order valence-corrected chi connectivity index (χ0v) is 13.9. The van der Waals surface area contributed by atoms with Crippen LogP contribution < -0.4 is 5.32 Å². The summed E-state index contributed by atoms with van der Waals surface area (Å²) in [6.07, 6.45) is 7.54. The second kappa shape index (κ2) is 9.49. The van der Waals surface area contributed by atoms with Gasteiger partial charge in [0.15, 0.2) is 0 Å². The predicted octanol–water partition coefficient (Wildman–Crippen LogP) is 4.58. The Kier molecular flexibility index (Phi) is 8.31. The largest absolute Gasteiger partial charge is 0.313 e. The molecule has 0 aliphatic heterocycles. The fourth-order valence-electron chi connectivity index (χ4n) is 2.71. The molecule has 1 rings (SSSR count). The van der Waals surface area contributed by atoms with Crippen molar-refractivity contribution in [1.82, 2.24) is 10.3 Å². The lowest BCUT2D eigenvalue weighted by molar-refractivity contribution is 0.308. The average molecular weight is 282 g/mol. The van der Waals surface area contributed by atoms with E-state index in [-0.39, 0.29) is 0 Å². The van der Waals surface area contributed by atoms with Gasteiger partial charge in [-0.15, -0.1) is 11.3 Å². The van der Waals surface area contributed by atoms with Gasteiger partial charge < -0.3 is 5.32 Å². The zero-order chi connectivity index (χ0) is 14.1. The molecule has 1 unspecified atom stereocenters. The molecule has 0 amide bonds. The van der Waals surface area contributed by atoms with E-state index in [1.54, 1.807) is 0 Å². The fraction of sp³-hybridized carbons (Fsp3) is 0.812. The molecular weight excluding hydrogens is 252 g/mol. The maximum atomic E-state index is 4.64. The van der Waals surface area contributed by atoms with Crippen molar-refractivity contribution in [3.05, 3.63) is 16.1 Å². The summed E-state index contributed by atoms with van der Waals surface area (Å²) in [5, 5.41) is 7.23. The van der Waals surface area contributed by atoms with Crippen LogP contribution in [0.4, 0.5) is 0 Å². The van der Waals surface area contributed by atoms with Crippen molar-refractivity contribution in [2.75, 3.05) is 6.54 Å². The average Bonchev–Trinajstić information content (AvgIpc) is 2.80. The summed E-state index contributed by atoms with van der Waals surface area (Å²) < 4.78 is 0. The number of hydrogen-bond donors (Lipinski definition) is 1. The molecule has 3 heteroatoms. The summed E-state index contributed by atoms with van der Waals surface area (Å²) >= 11 is 1.81. The molecule has 0 spiro atoms. The highest BCUT2D eigenvalue weighted by atomic mass is 32.1. The number of nitrogens with zero attached hydrogens (tertiary/aromatic N) is 1. The van der Waals surface area contributed by atoms with Crippen LogP contribution in [0.2, 0.25) is 0 Å². The number of aromatic nitrogens is 1. The Labute approximate surface area is 123 Å². The SMILES string of the molecule is CCCNC(Cc1nc(C)cs1)C(CCC)CCC. The van der Waals surface area contributed by atoms with Crippen LogP contribution in [0.15, 0.2) is 5.38 Å². The summed E-state index contributed by atoms with van der Waals surface area (Å²) in [7, 11) is 0. The minimum Gasteiger partial charge on any atom is -0.313 e. The van der Waals surface area contributed by atoms with Crippen molar-refractivity contribution in [3.63, 3.8) is 0 Å². The lowest BCUT2D eigenvalue weighted by atomic mass is 9.88. The fourth-order valence-corrected chi connectivity index (χ4v) is 3.54. The highest BCUT2D eigenvalue weighted by Crippen LogP contribution is 2.22. The molecule has 0 aliphatic carbocycles. The Bertz CT molecular complexity index is 329. The number of nitrogens with one attached hydrogen (secondary N) is 1. The van der Waals surface area contributed by atoms with Crippen LogP contribution in [0, 0.1) is 12.8 Å². The Morgan fingerprint density at radius 3 is 2.32 bits per heavy atom. The van der Waals surface area contributed by atoms with Gasteiger partial charge in [0.1, 0.15) is 0 Å². The van der Waals surface area contributed by atoms with Gasteiger partial charge in [0, 0.05) is 23.5 Å². The minimum absolute atomic E-state index is 0.602. The molecule has 1 atom stereocenters. The van der Waals surface area contributed by atoms with Crippen LogP contribution in [0.5, 0.6) is 0 Å². The van der Waals surface area contributed by atoms with Gasteiger partial charge in [-0.05, 0) is 38.6 Å². The van der Waals surface area contributed by atoms with Crippen molar-refractivity contribution < 1.29 is 0 Å². The number of aryl methyl sites for hydroxylation is 1. The number of hydrogen-bond acceptors (Lipinski definition) is 3. The van der Waals surface area contributed by atoms with Gasteiger partial charge in [-0.25, -0.2) is 4.98 Å². The monoisotopic (exact) mass is 282 g/mol. The maximum absolute atomic E-state index is 4.64. The summed E-state index contributed by atoms with van der Waals surface area (Å²) in [6, 6.07) is 0.602. The molecule has 2 nitrogen and oxygen atoms in total. The van der Waals surface area contributed by atoms with Crippen LogP contribution in [-0.2, 0) is 6.42 Å². The zero-order valence-electron chi connectivity index (χ0n) is 13.0. The Morgan fingerprint density at radius 1 is 1.16 bits per heavy atom. The molecule has 1 aromatic heterocycles. The molecule has 0 aromatic carbocycles. The summed E-state index contributed by atoms with van der Waals surface area (Å²) in [6.45, 7) is 10.1. The summed E-state index contributed by atoms with van der Waals surface area (Å²) in [5.41, 5.74) is 1.16. The molecular formula is C16H30N2S. The second-order valence-electron chi connectivity index (χ2n) is 5.48. The molecule has 0 aliphatic rings. The predicted molar refractivity (Wildman–Crippen MR) is 85.9 cm³/mol. The van der Waals surface area contributed by atoms with E-state index in [1.807, 2.05) is 11.3 Å². The van der Waals surface area contributed by atoms with Crippen LogP contribution >= 0.6 is 11.3 Å². The molecule has 19 heavy (non-hydrogen) atoms. The highest BCUT2D eigenvalue weighted by Gasteiger charge is 2.21. The van der Waals surface area contributed by atoms with E-state index in [1.165, 1.54) is 37.1 Å². The first-order valence-corrected chi connectivity index (χ1v) is 8.73. The molecule has 1 aromatic rings. The lowest BCUT2D eigenvalue weighted by Gasteiger charge is -2.27. The van der Waals surface area contributed by atoms with Crippen molar-refractivity contribution in [1.29, 1.82) is 0 Å². The van der Waals surface area contributed by atoms with Gasteiger partial charge in [0.25, 0.3) is 0 Å². The van der Waals surface area contributed by atoms with Crippen molar-refractivity contribution in [2.45, 2.75) is 72.3 Å². The molecule has 1 heterocycles. The van der Waals surface area contributed by atoms with E-state index in [9.17, 15) is 0 Å². The Morgan fingerprint density at radius 2 is 1.84 bits per heavy atom. The van der Waals surface area contributed by atoms with E-state index >= 15 is 0 Å². The van der Waals surface area contributed by atoms with E-state index in [2.05, 4.69) is 43.4 Å². The lowest BCUT2D eigenvalue weighted by Crippen LogP contribution is -2.38. The molecule has 1 N–H and O–H groups in total. The Balaban J connectivity index is 2.67. The minimum atomic E-state index is 0.602. The van der Waals surface area contributed by atoms with Gasteiger partial charge in [-0.2, -0.15) is 0 Å². The Hall–Kier alpha value is -0.410. The van der Waals surface area contributed by atoms with E-state index in [4.69, 9.17) is 0 Å². The highest BCUT2D eigenvalue weighted by molar-refractivity contribution is 7.09. The van der Waals surface area contributed by atoms with E-state index in [0.717, 1.165) is 24.6 Å². The van der Waals surface area contributed by atoms with Crippen LogP contribution in [-0.4, -0.2) is 17.6 Å². The van der Waals surface area contributed by atoms with Crippen LogP contribution in [0.1, 0.15) is 63.6 Å². The third-order valence-electron chi connectivity index (χ3n) is 3.61. The van der Waals surface area contributed by atoms with E-state index in [0.29, 0.717) is 6.04 Å². The first-order chi connectivity index (χ1) is 9.21. The topological polar surface area (TPSA) is 24.9 Å². The molecule has 0 fully saturated rings. The normalized spacial score (nSPS) is 13.1. The molecule has 0 bridgehead atoms.